The highest BCUT2D eigenvalue weighted by molar-refractivity contribution is 6.04. The molecule has 1 amide bonds. The summed E-state index contributed by atoms with van der Waals surface area (Å²) in [5.41, 5.74) is 15.4. The smallest absolute Gasteiger partial charge is 0.298 e. The summed E-state index contributed by atoms with van der Waals surface area (Å²) in [6.45, 7) is 5.16. The molecule has 0 radical (unpaired) electrons. The van der Waals surface area contributed by atoms with Crippen molar-refractivity contribution in [3.63, 3.8) is 0 Å². The van der Waals surface area contributed by atoms with Gasteiger partial charge in [0, 0.05) is 62.0 Å². The van der Waals surface area contributed by atoms with Gasteiger partial charge in [-0.25, -0.2) is 4.98 Å². The summed E-state index contributed by atoms with van der Waals surface area (Å²) < 4.78 is 22.1. The number of hydrogen-bond donors (Lipinski definition) is 3. The third-order valence-corrected chi connectivity index (χ3v) is 7.72. The van der Waals surface area contributed by atoms with Crippen LogP contribution in [0.4, 0.5) is 11.4 Å². The highest BCUT2D eigenvalue weighted by Crippen LogP contribution is 2.40. The Morgan fingerprint density at radius 1 is 0.844 bits per heavy atom. The Morgan fingerprint density at radius 3 is 2.24 bits per heavy atom. The van der Waals surface area contributed by atoms with Crippen molar-refractivity contribution in [3.05, 3.63) is 77.5 Å². The highest BCUT2D eigenvalue weighted by Gasteiger charge is 2.22. The van der Waals surface area contributed by atoms with Gasteiger partial charge in [0.25, 0.3) is 5.91 Å². The van der Waals surface area contributed by atoms with Crippen molar-refractivity contribution in [2.45, 2.75) is 13.1 Å². The number of piperazine rings is 1. The molecule has 1 aliphatic rings. The Hall–Kier alpha value is -5.07. The molecule has 5 rings (SSSR count). The molecular weight excluding hydrogens is 574 g/mol. The van der Waals surface area contributed by atoms with Crippen molar-refractivity contribution in [1.29, 1.82) is 0 Å². The molecule has 1 aliphatic heterocycles. The number of hydrogen-bond acceptors (Lipinski definition) is 9. The molecule has 0 spiro atoms. The lowest BCUT2D eigenvalue weighted by molar-refractivity contribution is 0.0998. The van der Waals surface area contributed by atoms with E-state index in [4.69, 9.17) is 30.4 Å². The molecular formula is C33H39N7O5. The van der Waals surface area contributed by atoms with Crippen LogP contribution in [-0.2, 0) is 13.1 Å². The van der Waals surface area contributed by atoms with Crippen LogP contribution in [0.15, 0.2) is 65.7 Å². The second-order valence-corrected chi connectivity index (χ2v) is 10.7. The molecule has 12 heteroatoms. The summed E-state index contributed by atoms with van der Waals surface area (Å²) in [7, 11) is 6.51. The number of fused-ring (bicyclic) bond motifs is 1. The van der Waals surface area contributed by atoms with Crippen LogP contribution in [0.1, 0.15) is 21.6 Å². The van der Waals surface area contributed by atoms with E-state index in [-0.39, 0.29) is 11.7 Å². The number of aromatic nitrogens is 1. The Kier molecular flexibility index (Phi) is 9.86. The van der Waals surface area contributed by atoms with Crippen LogP contribution >= 0.6 is 0 Å². The summed E-state index contributed by atoms with van der Waals surface area (Å²) in [5.74, 6) is 1.73. The minimum Gasteiger partial charge on any atom is -0.497 e. The average molecular weight is 614 g/mol. The van der Waals surface area contributed by atoms with Crippen LogP contribution in [0.5, 0.6) is 23.0 Å². The third-order valence-electron chi connectivity index (χ3n) is 7.72. The van der Waals surface area contributed by atoms with Gasteiger partial charge in [-0.15, -0.1) is 0 Å². The number of amides is 1. The van der Waals surface area contributed by atoms with Gasteiger partial charge in [-0.05, 0) is 42.0 Å². The van der Waals surface area contributed by atoms with E-state index in [1.54, 1.807) is 34.5 Å². The molecule has 0 unspecified atom stereocenters. The molecule has 45 heavy (non-hydrogen) atoms. The number of rotatable bonds is 11. The number of nitrogens with one attached hydrogen (secondary N) is 1. The molecule has 4 aromatic rings. The van der Waals surface area contributed by atoms with Gasteiger partial charge >= 0.3 is 0 Å². The van der Waals surface area contributed by atoms with Crippen molar-refractivity contribution >= 4 is 34.1 Å². The topological polar surface area (TPSA) is 150 Å². The molecule has 1 fully saturated rings. The maximum absolute atomic E-state index is 12.7. The van der Waals surface area contributed by atoms with Gasteiger partial charge in [-0.2, -0.15) is 4.99 Å². The molecule has 0 saturated carbocycles. The molecule has 12 nitrogen and oxygen atoms in total. The molecule has 0 bridgehead atoms. The zero-order valence-electron chi connectivity index (χ0n) is 26.0. The van der Waals surface area contributed by atoms with Crippen molar-refractivity contribution in [2.24, 2.45) is 16.5 Å². The monoisotopic (exact) mass is 613 g/mol. The zero-order valence-corrected chi connectivity index (χ0v) is 26.0. The second-order valence-electron chi connectivity index (χ2n) is 10.7. The van der Waals surface area contributed by atoms with Crippen molar-refractivity contribution in [2.75, 3.05) is 59.9 Å². The predicted molar refractivity (Wildman–Crippen MR) is 175 cm³/mol. The SMILES string of the molecule is COc1cccc(Nc2cc(C(=O)N=C(N)N)nc3ccc(CN4CCN(Cc5ccc(OC)c(OC)c5OC)CC4)cc23)c1. The number of aliphatic imine (C=N–C) groups is 1. The Labute approximate surface area is 262 Å². The first-order valence-corrected chi connectivity index (χ1v) is 14.5. The first kappa shape index (κ1) is 31.4. The Morgan fingerprint density at radius 2 is 1.58 bits per heavy atom. The van der Waals surface area contributed by atoms with Crippen LogP contribution in [-0.4, -0.2) is 81.3 Å². The molecule has 1 aromatic heterocycles. The lowest BCUT2D eigenvalue weighted by Crippen LogP contribution is -2.45. The Balaban J connectivity index is 1.33. The van der Waals surface area contributed by atoms with Gasteiger partial charge in [-0.1, -0.05) is 18.2 Å². The molecule has 5 N–H and O–H groups in total. The fraction of sp³-hybridized carbons (Fsp3) is 0.303. The van der Waals surface area contributed by atoms with Crippen LogP contribution < -0.4 is 35.7 Å². The average Bonchev–Trinajstić information content (AvgIpc) is 3.05. The summed E-state index contributed by atoms with van der Waals surface area (Å²) in [4.78, 5) is 25.8. The minimum atomic E-state index is -0.613. The van der Waals surface area contributed by atoms with Gasteiger partial charge in [0.15, 0.2) is 17.5 Å². The van der Waals surface area contributed by atoms with Crippen molar-refractivity contribution in [3.8, 4) is 23.0 Å². The van der Waals surface area contributed by atoms with E-state index in [9.17, 15) is 4.79 Å². The fourth-order valence-electron chi connectivity index (χ4n) is 5.51. The minimum absolute atomic E-state index is 0.135. The van der Waals surface area contributed by atoms with Crippen molar-refractivity contribution < 1.29 is 23.7 Å². The number of ether oxygens (including phenoxy) is 4. The number of methoxy groups -OCH3 is 4. The van der Waals surface area contributed by atoms with E-state index in [2.05, 4.69) is 31.2 Å². The van der Waals surface area contributed by atoms with Crippen LogP contribution in [0.3, 0.4) is 0 Å². The van der Waals surface area contributed by atoms with Gasteiger partial charge in [0.1, 0.15) is 11.4 Å². The zero-order chi connectivity index (χ0) is 31.9. The van der Waals surface area contributed by atoms with E-state index in [1.165, 1.54) is 0 Å². The number of carbonyl (C=O) groups is 1. The summed E-state index contributed by atoms with van der Waals surface area (Å²) in [6, 6.07) is 19.3. The van der Waals surface area contributed by atoms with Crippen LogP contribution in [0.2, 0.25) is 0 Å². The van der Waals surface area contributed by atoms with Gasteiger partial charge in [0.2, 0.25) is 5.75 Å². The number of benzene rings is 3. The first-order valence-electron chi connectivity index (χ1n) is 14.5. The Bertz CT molecular complexity index is 1700. The van der Waals surface area contributed by atoms with E-state index in [1.807, 2.05) is 48.5 Å². The first-order chi connectivity index (χ1) is 21.8. The highest BCUT2D eigenvalue weighted by atomic mass is 16.5. The largest absolute Gasteiger partial charge is 0.497 e. The van der Waals surface area contributed by atoms with Crippen molar-refractivity contribution in [1.82, 2.24) is 14.8 Å². The predicted octanol–water partition coefficient (Wildman–Crippen LogP) is 3.74. The molecule has 2 heterocycles. The maximum Gasteiger partial charge on any atom is 0.298 e. The van der Waals surface area contributed by atoms with E-state index in [0.29, 0.717) is 34.2 Å². The van der Waals surface area contributed by atoms with Gasteiger partial charge < -0.3 is 35.7 Å². The van der Waals surface area contributed by atoms with Gasteiger partial charge in [-0.3, -0.25) is 14.6 Å². The van der Waals surface area contributed by atoms with Crippen LogP contribution in [0, 0.1) is 0 Å². The summed E-state index contributed by atoms with van der Waals surface area (Å²) in [5, 5.41) is 4.30. The maximum atomic E-state index is 12.7. The lowest BCUT2D eigenvalue weighted by atomic mass is 10.1. The number of nitrogens with two attached hydrogens (primary N) is 2. The van der Waals surface area contributed by atoms with Crippen LogP contribution in [0.25, 0.3) is 10.9 Å². The normalized spacial score (nSPS) is 13.7. The summed E-state index contributed by atoms with van der Waals surface area (Å²) in [6.07, 6.45) is 0. The fourth-order valence-corrected chi connectivity index (χ4v) is 5.51. The standard InChI is InChI=1S/C33H39N7O5/c1-42-24-7-5-6-23(17-24)36-27-18-28(32(41)38-33(34)35)37-26-10-8-21(16-25(26)27)19-39-12-14-40(15-13-39)20-22-9-11-29(43-2)31(45-4)30(22)44-3/h5-11,16-18H,12-15,19-20H2,1-4H3,(H,36,37)(H4,34,35,38,41). The molecule has 0 atom stereocenters. The van der Waals surface area contributed by atoms with E-state index >= 15 is 0 Å². The molecule has 236 valence electrons. The summed E-state index contributed by atoms with van der Waals surface area (Å²) >= 11 is 0. The van der Waals surface area contributed by atoms with E-state index in [0.717, 1.165) is 61.5 Å². The number of nitrogens with zero attached hydrogens (tertiary/aromatic N) is 4. The number of guanidine groups is 1. The third kappa shape index (κ3) is 7.36. The number of anilines is 2. The molecule has 1 saturated heterocycles. The number of carbonyl (C=O) groups excluding carboxylic acids is 1. The molecule has 0 aliphatic carbocycles. The van der Waals surface area contributed by atoms with Gasteiger partial charge in [0.05, 0.1) is 39.6 Å². The molecule has 3 aromatic carbocycles. The quantitative estimate of drug-likeness (QED) is 0.168. The number of pyridine rings is 1. The van der Waals surface area contributed by atoms with E-state index < -0.39 is 5.91 Å². The lowest BCUT2D eigenvalue weighted by Gasteiger charge is -2.35. The second kappa shape index (κ2) is 14.1.